The average Bonchev–Trinajstić information content (AvgIpc) is 3.45. The second kappa shape index (κ2) is 13.6. The van der Waals surface area contributed by atoms with Crippen molar-refractivity contribution < 1.29 is 9.18 Å². The van der Waals surface area contributed by atoms with Crippen molar-refractivity contribution in [2.75, 3.05) is 39.0 Å². The van der Waals surface area contributed by atoms with E-state index in [0.29, 0.717) is 23.0 Å². The first-order valence-corrected chi connectivity index (χ1v) is 14.8. The van der Waals surface area contributed by atoms with Crippen LogP contribution < -0.4 is 16.2 Å². The maximum absolute atomic E-state index is 15.1. The first-order chi connectivity index (χ1) is 20.0. The van der Waals surface area contributed by atoms with Crippen molar-refractivity contribution in [2.45, 2.75) is 46.6 Å². The van der Waals surface area contributed by atoms with Gasteiger partial charge in [0.05, 0.1) is 0 Å². The number of halogens is 1. The number of rotatable bonds is 8. The summed E-state index contributed by atoms with van der Waals surface area (Å²) in [5.74, 6) is -0.574. The summed E-state index contributed by atoms with van der Waals surface area (Å²) in [6, 6.07) is 5.24. The molecule has 2 aliphatic rings. The largest absolute Gasteiger partial charge is 0.384 e. The van der Waals surface area contributed by atoms with Crippen molar-refractivity contribution >= 4 is 43.6 Å². The SMILES string of the molecule is CC(=C\C=C(/C)C(C)N1CC=C(c2c(F)cc(C(=O)N(C)C)cc2P)CC1)/N=C/C=C(\C)n1ccc2c(c1=O)CCN2. The van der Waals surface area contributed by atoms with E-state index in [2.05, 4.69) is 50.4 Å². The van der Waals surface area contributed by atoms with Gasteiger partial charge in [-0.05, 0) is 81.8 Å². The summed E-state index contributed by atoms with van der Waals surface area (Å²) in [5, 5.41) is 3.94. The number of hydrogen-bond acceptors (Lipinski definition) is 5. The van der Waals surface area contributed by atoms with E-state index in [-0.39, 0.29) is 23.3 Å². The maximum atomic E-state index is 15.1. The Morgan fingerprint density at radius 3 is 2.60 bits per heavy atom. The molecule has 3 heterocycles. The fourth-order valence-electron chi connectivity index (χ4n) is 5.26. The summed E-state index contributed by atoms with van der Waals surface area (Å²) >= 11 is 0. The van der Waals surface area contributed by atoms with Gasteiger partial charge in [-0.15, -0.1) is 9.24 Å². The number of nitrogens with zero attached hydrogens (tertiary/aromatic N) is 4. The summed E-state index contributed by atoms with van der Waals surface area (Å²) in [6.45, 7) is 10.5. The Balaban J connectivity index is 1.38. The van der Waals surface area contributed by atoms with Crippen LogP contribution in [0.2, 0.25) is 0 Å². The number of fused-ring (bicyclic) bond motifs is 1. The molecule has 9 heteroatoms. The highest BCUT2D eigenvalue weighted by atomic mass is 31.0. The number of allylic oxidation sites excluding steroid dienone is 5. The normalized spacial score (nSPS) is 17.2. The molecule has 1 N–H and O–H groups in total. The summed E-state index contributed by atoms with van der Waals surface area (Å²) in [4.78, 5) is 33.3. The molecule has 7 nitrogen and oxygen atoms in total. The first-order valence-electron chi connectivity index (χ1n) is 14.3. The fourth-order valence-corrected chi connectivity index (χ4v) is 5.77. The molecule has 0 spiro atoms. The van der Waals surface area contributed by atoms with Crippen molar-refractivity contribution in [1.29, 1.82) is 0 Å². The highest BCUT2D eigenvalue weighted by molar-refractivity contribution is 7.27. The molecule has 1 aromatic heterocycles. The Hall–Kier alpha value is -3.61. The van der Waals surface area contributed by atoms with Crippen molar-refractivity contribution in [2.24, 2.45) is 4.99 Å². The van der Waals surface area contributed by atoms with Gasteiger partial charge in [0.25, 0.3) is 11.5 Å². The highest BCUT2D eigenvalue weighted by Crippen LogP contribution is 2.27. The van der Waals surface area contributed by atoms with Crippen LogP contribution in [0.3, 0.4) is 0 Å². The molecular weight excluding hydrogens is 548 g/mol. The zero-order valence-corrected chi connectivity index (χ0v) is 26.5. The van der Waals surface area contributed by atoms with Crippen LogP contribution in [0.4, 0.5) is 10.1 Å². The minimum atomic E-state index is -0.362. The van der Waals surface area contributed by atoms with Gasteiger partial charge < -0.3 is 10.2 Å². The molecule has 2 atom stereocenters. The molecule has 0 bridgehead atoms. The number of anilines is 1. The highest BCUT2D eigenvalue weighted by Gasteiger charge is 2.23. The van der Waals surface area contributed by atoms with Gasteiger partial charge in [-0.2, -0.15) is 0 Å². The molecule has 2 aromatic rings. The second-order valence-electron chi connectivity index (χ2n) is 11.1. The quantitative estimate of drug-likeness (QED) is 0.264. The molecule has 0 radical (unpaired) electrons. The van der Waals surface area contributed by atoms with Crippen molar-refractivity contribution in [3.05, 3.63) is 92.8 Å². The van der Waals surface area contributed by atoms with E-state index in [0.717, 1.165) is 54.1 Å². The molecule has 1 aromatic carbocycles. The number of carbonyl (C=O) groups excluding carboxylic acids is 1. The van der Waals surface area contributed by atoms with E-state index in [9.17, 15) is 9.59 Å². The molecular formula is C33H41FN5O2P. The van der Waals surface area contributed by atoms with E-state index in [4.69, 9.17) is 0 Å². The van der Waals surface area contributed by atoms with Crippen LogP contribution >= 0.6 is 9.24 Å². The van der Waals surface area contributed by atoms with Gasteiger partial charge >= 0.3 is 0 Å². The summed E-state index contributed by atoms with van der Waals surface area (Å²) in [5.41, 5.74) is 6.57. The van der Waals surface area contributed by atoms with Gasteiger partial charge in [-0.1, -0.05) is 17.7 Å². The van der Waals surface area contributed by atoms with Crippen molar-refractivity contribution in [3.63, 3.8) is 0 Å². The molecule has 0 fully saturated rings. The average molecular weight is 590 g/mol. The molecule has 0 saturated heterocycles. The molecule has 222 valence electrons. The first kappa shape index (κ1) is 31.3. The number of aliphatic imine (C=N–C) groups is 1. The van der Waals surface area contributed by atoms with Crippen molar-refractivity contribution in [1.82, 2.24) is 14.4 Å². The van der Waals surface area contributed by atoms with E-state index in [1.807, 2.05) is 32.1 Å². The predicted molar refractivity (Wildman–Crippen MR) is 176 cm³/mol. The Labute approximate surface area is 250 Å². The van der Waals surface area contributed by atoms with Gasteiger partial charge in [0.15, 0.2) is 0 Å². The predicted octanol–water partition coefficient (Wildman–Crippen LogP) is 5.12. The smallest absolute Gasteiger partial charge is 0.260 e. The lowest BCUT2D eigenvalue weighted by Crippen LogP contribution is -2.37. The molecule has 2 aliphatic heterocycles. The minimum Gasteiger partial charge on any atom is -0.384 e. The van der Waals surface area contributed by atoms with E-state index < -0.39 is 0 Å². The Morgan fingerprint density at radius 2 is 1.93 bits per heavy atom. The molecule has 1 amide bonds. The van der Waals surface area contributed by atoms with Gasteiger partial charge in [0.1, 0.15) is 5.82 Å². The lowest BCUT2D eigenvalue weighted by atomic mass is 9.96. The van der Waals surface area contributed by atoms with Crippen molar-refractivity contribution in [3.8, 4) is 0 Å². The summed E-state index contributed by atoms with van der Waals surface area (Å²) in [6.07, 6.45) is 13.0. The number of aromatic nitrogens is 1. The van der Waals surface area contributed by atoms with E-state index >= 15 is 4.39 Å². The van der Waals surface area contributed by atoms with Crippen LogP contribution in [0.5, 0.6) is 0 Å². The zero-order valence-electron chi connectivity index (χ0n) is 25.4. The number of hydrogen-bond donors (Lipinski definition) is 1. The number of amides is 1. The monoisotopic (exact) mass is 589 g/mol. The van der Waals surface area contributed by atoms with Crippen LogP contribution in [0.1, 0.15) is 55.6 Å². The minimum absolute atomic E-state index is 0.0210. The van der Waals surface area contributed by atoms with Crippen LogP contribution in [0, 0.1) is 5.82 Å². The topological polar surface area (TPSA) is 69.9 Å². The third-order valence-electron chi connectivity index (χ3n) is 7.99. The fraction of sp³-hybridized carbons (Fsp3) is 0.364. The molecule has 0 aliphatic carbocycles. The number of pyridine rings is 1. The maximum Gasteiger partial charge on any atom is 0.260 e. The standard InChI is InChI=1S/C33H41FN5O2P/c1-21(7-8-22(2)35-14-9-23(3)39-18-13-29-27(33(39)41)10-15-36-29)24(4)38-16-11-25(12-17-38)31-28(34)19-26(20-30(31)42)32(40)37(5)6/h7-9,11,13-14,18-20,24,36H,10,12,15-17,42H2,1-6H3/b21-7+,22-8+,23-9+,35-14+. The molecule has 2 unspecified atom stereocenters. The number of carbonyl (C=O) groups is 1. The Morgan fingerprint density at radius 1 is 1.17 bits per heavy atom. The van der Waals surface area contributed by atoms with Crippen LogP contribution in [0.15, 0.2) is 69.8 Å². The van der Waals surface area contributed by atoms with Crippen LogP contribution in [-0.4, -0.2) is 66.3 Å². The van der Waals surface area contributed by atoms with Gasteiger partial charge in [0, 0.05) is 86.0 Å². The van der Waals surface area contributed by atoms with Crippen LogP contribution in [-0.2, 0) is 6.42 Å². The second-order valence-corrected chi connectivity index (χ2v) is 11.8. The number of nitrogens with one attached hydrogen (secondary N) is 1. The third-order valence-corrected chi connectivity index (χ3v) is 8.44. The lowest BCUT2D eigenvalue weighted by Gasteiger charge is -2.33. The van der Waals surface area contributed by atoms with Gasteiger partial charge in [-0.25, -0.2) is 4.39 Å². The van der Waals surface area contributed by atoms with Gasteiger partial charge in [-0.3, -0.25) is 24.0 Å². The summed E-state index contributed by atoms with van der Waals surface area (Å²) < 4.78 is 16.7. The van der Waals surface area contributed by atoms with Gasteiger partial charge in [0.2, 0.25) is 0 Å². The zero-order chi connectivity index (χ0) is 30.6. The molecule has 0 saturated carbocycles. The Bertz CT molecular complexity index is 1560. The lowest BCUT2D eigenvalue weighted by molar-refractivity contribution is 0.0827. The summed E-state index contributed by atoms with van der Waals surface area (Å²) in [7, 11) is 5.91. The Kier molecular flexibility index (Phi) is 10.1. The third kappa shape index (κ3) is 7.05. The van der Waals surface area contributed by atoms with E-state index in [1.54, 1.807) is 37.1 Å². The molecule has 42 heavy (non-hydrogen) atoms. The van der Waals surface area contributed by atoms with E-state index in [1.165, 1.54) is 16.5 Å². The molecule has 4 rings (SSSR count). The van der Waals surface area contributed by atoms with Crippen LogP contribution in [0.25, 0.3) is 11.3 Å². The number of benzene rings is 1.